The minimum absolute atomic E-state index is 0.139. The molecule has 0 saturated heterocycles. The van der Waals surface area contributed by atoms with Gasteiger partial charge in [0.15, 0.2) is 0 Å². The fraction of sp³-hybridized carbons (Fsp3) is 0.158. The summed E-state index contributed by atoms with van der Waals surface area (Å²) in [6, 6.07) is 13.8. The first kappa shape index (κ1) is 17.6. The predicted molar refractivity (Wildman–Crippen MR) is 107 cm³/mol. The van der Waals surface area contributed by atoms with Gasteiger partial charge in [0, 0.05) is 14.7 Å². The molecule has 0 aliphatic rings. The topological polar surface area (TPSA) is 50.7 Å². The maximum absolute atomic E-state index is 12.3. The standard InChI is InChI=1S/C19H17BrN2O2S/c1-12(19(23)22-21-10-18-9-16(20)11-25-18)13-3-4-15-8-17(24-2)6-5-14(15)7-13/h3-12H,1-2H3,(H,22,23)/b21-10+/t12-/m0/s1. The van der Waals surface area contributed by atoms with Crippen molar-refractivity contribution in [2.75, 3.05) is 7.11 Å². The summed E-state index contributed by atoms with van der Waals surface area (Å²) in [5, 5.41) is 8.16. The van der Waals surface area contributed by atoms with Gasteiger partial charge in [-0.05, 0) is 57.4 Å². The second-order valence-corrected chi connectivity index (χ2v) is 7.45. The van der Waals surface area contributed by atoms with Gasteiger partial charge in [-0.15, -0.1) is 11.3 Å². The van der Waals surface area contributed by atoms with E-state index in [-0.39, 0.29) is 11.8 Å². The lowest BCUT2D eigenvalue weighted by atomic mass is 9.97. The lowest BCUT2D eigenvalue weighted by Gasteiger charge is -2.11. The molecule has 3 rings (SSSR count). The third-order valence-electron chi connectivity index (χ3n) is 3.92. The number of nitrogens with one attached hydrogen (secondary N) is 1. The molecular weight excluding hydrogens is 400 g/mol. The highest BCUT2D eigenvalue weighted by Crippen LogP contribution is 2.25. The van der Waals surface area contributed by atoms with Crippen molar-refractivity contribution >= 4 is 50.2 Å². The van der Waals surface area contributed by atoms with Crippen molar-refractivity contribution in [2.45, 2.75) is 12.8 Å². The van der Waals surface area contributed by atoms with Crippen LogP contribution in [0.25, 0.3) is 10.8 Å². The zero-order valence-electron chi connectivity index (χ0n) is 13.8. The molecule has 0 bridgehead atoms. The third kappa shape index (κ3) is 4.27. The van der Waals surface area contributed by atoms with Crippen molar-refractivity contribution in [1.29, 1.82) is 0 Å². The van der Waals surface area contributed by atoms with E-state index < -0.39 is 0 Å². The van der Waals surface area contributed by atoms with E-state index in [1.807, 2.05) is 54.8 Å². The zero-order valence-corrected chi connectivity index (χ0v) is 16.2. The van der Waals surface area contributed by atoms with Gasteiger partial charge in [-0.25, -0.2) is 5.43 Å². The zero-order chi connectivity index (χ0) is 17.8. The monoisotopic (exact) mass is 416 g/mol. The molecule has 2 aromatic carbocycles. The Kier molecular flexibility index (Phi) is 5.50. The van der Waals surface area contributed by atoms with Crippen LogP contribution in [0, 0.1) is 0 Å². The molecule has 1 aromatic heterocycles. The molecule has 0 fully saturated rings. The number of hydrogen-bond acceptors (Lipinski definition) is 4. The van der Waals surface area contributed by atoms with Crippen LogP contribution in [-0.2, 0) is 4.79 Å². The van der Waals surface area contributed by atoms with Crippen LogP contribution in [0.1, 0.15) is 23.3 Å². The van der Waals surface area contributed by atoms with E-state index in [1.54, 1.807) is 24.7 Å². The molecule has 0 radical (unpaired) electrons. The molecule has 3 aromatic rings. The fourth-order valence-electron chi connectivity index (χ4n) is 2.44. The van der Waals surface area contributed by atoms with Gasteiger partial charge in [0.1, 0.15) is 5.75 Å². The summed E-state index contributed by atoms with van der Waals surface area (Å²) in [7, 11) is 1.65. The average molecular weight is 417 g/mol. The molecule has 0 aliphatic carbocycles. The Balaban J connectivity index is 1.70. The largest absolute Gasteiger partial charge is 0.497 e. The highest BCUT2D eigenvalue weighted by Gasteiger charge is 2.15. The lowest BCUT2D eigenvalue weighted by Crippen LogP contribution is -2.23. The summed E-state index contributed by atoms with van der Waals surface area (Å²) in [5.41, 5.74) is 3.56. The number of nitrogens with zero attached hydrogens (tertiary/aromatic N) is 1. The first-order valence-corrected chi connectivity index (χ1v) is 9.39. The van der Waals surface area contributed by atoms with Crippen molar-refractivity contribution in [3.05, 3.63) is 62.8 Å². The normalized spacial score (nSPS) is 12.4. The Morgan fingerprint density at radius 2 is 2.00 bits per heavy atom. The molecule has 1 heterocycles. The van der Waals surface area contributed by atoms with Crippen LogP contribution in [0.3, 0.4) is 0 Å². The van der Waals surface area contributed by atoms with E-state index in [2.05, 4.69) is 26.5 Å². The number of benzene rings is 2. The maximum atomic E-state index is 12.3. The number of carbonyl (C=O) groups excluding carboxylic acids is 1. The van der Waals surface area contributed by atoms with Crippen LogP contribution < -0.4 is 10.2 Å². The summed E-state index contributed by atoms with van der Waals surface area (Å²) >= 11 is 4.94. The van der Waals surface area contributed by atoms with E-state index in [0.717, 1.165) is 31.4 Å². The van der Waals surface area contributed by atoms with Crippen LogP contribution in [0.2, 0.25) is 0 Å². The number of rotatable bonds is 5. The van der Waals surface area contributed by atoms with E-state index in [0.29, 0.717) is 0 Å². The number of ether oxygens (including phenoxy) is 1. The number of amides is 1. The van der Waals surface area contributed by atoms with Gasteiger partial charge < -0.3 is 4.74 Å². The molecule has 0 unspecified atom stereocenters. The van der Waals surface area contributed by atoms with Gasteiger partial charge in [0.25, 0.3) is 0 Å². The van der Waals surface area contributed by atoms with Gasteiger partial charge >= 0.3 is 0 Å². The van der Waals surface area contributed by atoms with Gasteiger partial charge in [0.05, 0.1) is 19.2 Å². The highest BCUT2D eigenvalue weighted by atomic mass is 79.9. The van der Waals surface area contributed by atoms with Gasteiger partial charge in [0.2, 0.25) is 5.91 Å². The smallest absolute Gasteiger partial charge is 0.247 e. The molecule has 1 atom stereocenters. The predicted octanol–water partition coefficient (Wildman–Crippen LogP) is 4.93. The number of hydrazone groups is 1. The van der Waals surface area contributed by atoms with Crippen molar-refractivity contribution in [3.8, 4) is 5.75 Å². The maximum Gasteiger partial charge on any atom is 0.247 e. The van der Waals surface area contributed by atoms with E-state index in [4.69, 9.17) is 4.74 Å². The van der Waals surface area contributed by atoms with E-state index in [1.165, 1.54) is 0 Å². The third-order valence-corrected chi connectivity index (χ3v) is 5.55. The Morgan fingerprint density at radius 3 is 2.72 bits per heavy atom. The van der Waals surface area contributed by atoms with Crippen LogP contribution in [-0.4, -0.2) is 19.2 Å². The summed E-state index contributed by atoms with van der Waals surface area (Å²) < 4.78 is 6.24. The first-order chi connectivity index (χ1) is 12.1. The molecule has 4 nitrogen and oxygen atoms in total. The van der Waals surface area contributed by atoms with Gasteiger partial charge in [-0.1, -0.05) is 24.3 Å². The molecule has 1 amide bonds. The average Bonchev–Trinajstić information content (AvgIpc) is 3.05. The fourth-order valence-corrected chi connectivity index (χ4v) is 3.75. The highest BCUT2D eigenvalue weighted by molar-refractivity contribution is 9.10. The molecule has 0 spiro atoms. The number of hydrogen-bond donors (Lipinski definition) is 1. The number of halogens is 1. The molecule has 0 aliphatic heterocycles. The van der Waals surface area contributed by atoms with Gasteiger partial charge in [-0.2, -0.15) is 5.10 Å². The van der Waals surface area contributed by atoms with E-state index >= 15 is 0 Å². The van der Waals surface area contributed by atoms with Crippen molar-refractivity contribution in [2.24, 2.45) is 5.10 Å². The second-order valence-electron chi connectivity index (χ2n) is 5.60. The van der Waals surface area contributed by atoms with Gasteiger partial charge in [-0.3, -0.25) is 4.79 Å². The lowest BCUT2D eigenvalue weighted by molar-refractivity contribution is -0.122. The Hall–Kier alpha value is -2.18. The molecule has 128 valence electrons. The van der Waals surface area contributed by atoms with Crippen molar-refractivity contribution in [3.63, 3.8) is 0 Å². The van der Waals surface area contributed by atoms with Crippen molar-refractivity contribution in [1.82, 2.24) is 5.43 Å². The van der Waals surface area contributed by atoms with E-state index in [9.17, 15) is 4.79 Å². The van der Waals surface area contributed by atoms with Crippen molar-refractivity contribution < 1.29 is 9.53 Å². The first-order valence-electron chi connectivity index (χ1n) is 7.71. The number of thiophene rings is 1. The van der Waals surface area contributed by atoms with Crippen LogP contribution in [0.5, 0.6) is 5.75 Å². The summed E-state index contributed by atoms with van der Waals surface area (Å²) in [5.74, 6) is 0.388. The Morgan fingerprint density at radius 1 is 1.24 bits per heavy atom. The Bertz CT molecular complexity index is 936. The molecular formula is C19H17BrN2O2S. The van der Waals surface area contributed by atoms with Crippen LogP contribution in [0.15, 0.2) is 57.4 Å². The molecule has 6 heteroatoms. The molecule has 25 heavy (non-hydrogen) atoms. The summed E-state index contributed by atoms with van der Waals surface area (Å²) in [4.78, 5) is 13.3. The number of fused-ring (bicyclic) bond motifs is 1. The molecule has 1 N–H and O–H groups in total. The number of carbonyl (C=O) groups is 1. The number of methoxy groups -OCH3 is 1. The summed E-state index contributed by atoms with van der Waals surface area (Å²) in [6.07, 6.45) is 1.65. The Labute approximate surface area is 158 Å². The quantitative estimate of drug-likeness (QED) is 0.473. The second kappa shape index (κ2) is 7.80. The minimum Gasteiger partial charge on any atom is -0.497 e. The SMILES string of the molecule is COc1ccc2cc([C@H](C)C(=O)N/N=C/c3cc(Br)cs3)ccc2c1. The molecule has 0 saturated carbocycles. The summed E-state index contributed by atoms with van der Waals surface area (Å²) in [6.45, 7) is 1.87. The van der Waals surface area contributed by atoms with Crippen LogP contribution in [0.4, 0.5) is 0 Å². The van der Waals surface area contributed by atoms with Crippen LogP contribution >= 0.6 is 27.3 Å². The minimum atomic E-state index is -0.293.